The Kier molecular flexibility index (Phi) is 4.14. The van der Waals surface area contributed by atoms with Crippen LogP contribution in [0.2, 0.25) is 5.02 Å². The number of ether oxygens (including phenoxy) is 1. The van der Waals surface area contributed by atoms with E-state index in [0.717, 1.165) is 21.2 Å². The molecule has 1 N–H and O–H groups in total. The van der Waals surface area contributed by atoms with Crippen molar-refractivity contribution in [3.05, 3.63) is 52.1 Å². The molecule has 0 saturated heterocycles. The number of thiazole rings is 1. The van der Waals surface area contributed by atoms with E-state index in [1.54, 1.807) is 18.4 Å². The van der Waals surface area contributed by atoms with Gasteiger partial charge < -0.3 is 10.1 Å². The molecule has 0 aliphatic carbocycles. The highest BCUT2D eigenvalue weighted by Gasteiger charge is 2.14. The molecule has 0 unspecified atom stereocenters. The van der Waals surface area contributed by atoms with Crippen LogP contribution in [0.4, 0.5) is 0 Å². The summed E-state index contributed by atoms with van der Waals surface area (Å²) in [6.07, 6.45) is 2.01. The van der Waals surface area contributed by atoms with E-state index in [2.05, 4.69) is 27.7 Å². The van der Waals surface area contributed by atoms with Crippen molar-refractivity contribution in [2.24, 2.45) is 0 Å². The third-order valence-electron chi connectivity index (χ3n) is 3.44. The van der Waals surface area contributed by atoms with Crippen molar-refractivity contribution in [3.63, 3.8) is 0 Å². The van der Waals surface area contributed by atoms with E-state index in [1.165, 1.54) is 0 Å². The summed E-state index contributed by atoms with van der Waals surface area (Å²) in [6.45, 7) is 2.79. The van der Waals surface area contributed by atoms with Crippen LogP contribution in [-0.4, -0.2) is 16.5 Å². The number of nitrogens with one attached hydrogen (secondary N) is 1. The van der Waals surface area contributed by atoms with Gasteiger partial charge in [0.15, 0.2) is 4.96 Å². The predicted octanol–water partition coefficient (Wildman–Crippen LogP) is 3.91. The predicted molar refractivity (Wildman–Crippen MR) is 86.3 cm³/mol. The van der Waals surface area contributed by atoms with Crippen LogP contribution in [0.15, 0.2) is 35.8 Å². The summed E-state index contributed by atoms with van der Waals surface area (Å²) in [5.41, 5.74) is 2.19. The Balaban J connectivity index is 1.78. The molecule has 0 aliphatic rings. The Morgan fingerprint density at radius 2 is 2.33 bits per heavy atom. The molecule has 3 rings (SSSR count). The summed E-state index contributed by atoms with van der Waals surface area (Å²) in [5.74, 6) is 0.674. The number of fused-ring (bicyclic) bond motifs is 1. The van der Waals surface area contributed by atoms with E-state index in [9.17, 15) is 0 Å². The van der Waals surface area contributed by atoms with Gasteiger partial charge in [0, 0.05) is 29.2 Å². The zero-order valence-corrected chi connectivity index (χ0v) is 13.4. The molecule has 0 fully saturated rings. The van der Waals surface area contributed by atoms with Gasteiger partial charge in [-0.3, -0.25) is 4.40 Å². The number of aromatic nitrogens is 2. The number of hydrogen-bond donors (Lipinski definition) is 1. The maximum atomic E-state index is 6.04. The Bertz CT molecular complexity index is 752. The molecule has 1 atom stereocenters. The lowest BCUT2D eigenvalue weighted by Crippen LogP contribution is -2.19. The van der Waals surface area contributed by atoms with Gasteiger partial charge in [0.25, 0.3) is 0 Å². The van der Waals surface area contributed by atoms with Crippen LogP contribution in [0.5, 0.6) is 5.88 Å². The molecule has 2 aromatic heterocycles. The zero-order chi connectivity index (χ0) is 14.8. The second-order valence-corrected chi connectivity index (χ2v) is 6.09. The summed E-state index contributed by atoms with van der Waals surface area (Å²) in [4.78, 5) is 5.40. The van der Waals surface area contributed by atoms with Crippen LogP contribution in [0.1, 0.15) is 24.2 Å². The number of hydrogen-bond acceptors (Lipinski definition) is 4. The second kappa shape index (κ2) is 6.05. The van der Waals surface area contributed by atoms with Crippen LogP contribution < -0.4 is 10.1 Å². The molecule has 0 bridgehead atoms. The second-order valence-electron chi connectivity index (χ2n) is 4.78. The molecule has 0 amide bonds. The van der Waals surface area contributed by atoms with Gasteiger partial charge in [0.05, 0.1) is 7.11 Å². The van der Waals surface area contributed by atoms with E-state index < -0.39 is 0 Å². The number of rotatable bonds is 5. The van der Waals surface area contributed by atoms with E-state index in [-0.39, 0.29) is 6.04 Å². The summed E-state index contributed by atoms with van der Waals surface area (Å²) >= 11 is 7.64. The lowest BCUT2D eigenvalue weighted by atomic mass is 10.1. The summed E-state index contributed by atoms with van der Waals surface area (Å²) < 4.78 is 7.42. The smallest absolute Gasteiger partial charge is 0.237 e. The lowest BCUT2D eigenvalue weighted by Gasteiger charge is -2.14. The third-order valence-corrected chi connectivity index (χ3v) is 4.43. The number of nitrogens with zero attached hydrogens (tertiary/aromatic N) is 2. The highest BCUT2D eigenvalue weighted by molar-refractivity contribution is 7.15. The largest absolute Gasteiger partial charge is 0.480 e. The van der Waals surface area contributed by atoms with Crippen LogP contribution in [-0.2, 0) is 6.54 Å². The summed E-state index contributed by atoms with van der Waals surface area (Å²) in [7, 11) is 1.65. The van der Waals surface area contributed by atoms with Crippen molar-refractivity contribution in [1.82, 2.24) is 14.7 Å². The highest BCUT2D eigenvalue weighted by Crippen LogP contribution is 2.24. The van der Waals surface area contributed by atoms with E-state index in [1.807, 2.05) is 29.8 Å². The molecule has 0 saturated carbocycles. The first-order chi connectivity index (χ1) is 10.2. The van der Waals surface area contributed by atoms with Crippen molar-refractivity contribution in [1.29, 1.82) is 0 Å². The number of benzene rings is 1. The van der Waals surface area contributed by atoms with Crippen molar-refractivity contribution in [3.8, 4) is 5.88 Å². The van der Waals surface area contributed by atoms with Crippen molar-refractivity contribution in [2.45, 2.75) is 19.5 Å². The van der Waals surface area contributed by atoms with E-state index in [4.69, 9.17) is 16.3 Å². The van der Waals surface area contributed by atoms with Gasteiger partial charge >= 0.3 is 0 Å². The Morgan fingerprint density at radius 3 is 3.10 bits per heavy atom. The monoisotopic (exact) mass is 321 g/mol. The topological polar surface area (TPSA) is 38.6 Å². The molecular weight excluding hydrogens is 306 g/mol. The molecule has 0 aliphatic heterocycles. The van der Waals surface area contributed by atoms with Gasteiger partial charge in [0.1, 0.15) is 5.69 Å². The standard InChI is InChI=1S/C15H16ClN3OS/c1-10(11-4-3-5-12(16)8-11)17-9-13-14(20-2)18-15-19(13)6-7-21-15/h3-8,10,17H,9H2,1-2H3/t10-/m0/s1. The van der Waals surface area contributed by atoms with Crippen molar-refractivity contribution < 1.29 is 4.74 Å². The SMILES string of the molecule is COc1nc2sccn2c1CN[C@@H](C)c1cccc(Cl)c1. The lowest BCUT2D eigenvalue weighted by molar-refractivity contribution is 0.391. The molecule has 6 heteroatoms. The third kappa shape index (κ3) is 2.90. The van der Waals surface area contributed by atoms with Crippen molar-refractivity contribution in [2.75, 3.05) is 7.11 Å². The minimum Gasteiger partial charge on any atom is -0.480 e. The van der Waals surface area contributed by atoms with Crippen molar-refractivity contribution >= 4 is 27.9 Å². The maximum absolute atomic E-state index is 6.04. The molecule has 0 spiro atoms. The normalized spacial score (nSPS) is 12.7. The first kappa shape index (κ1) is 14.4. The van der Waals surface area contributed by atoms with Gasteiger partial charge in [0.2, 0.25) is 5.88 Å². The first-order valence-corrected chi connectivity index (χ1v) is 7.92. The van der Waals surface area contributed by atoms with E-state index in [0.29, 0.717) is 12.4 Å². The van der Waals surface area contributed by atoms with Gasteiger partial charge in [-0.1, -0.05) is 23.7 Å². The highest BCUT2D eigenvalue weighted by atomic mass is 35.5. The zero-order valence-electron chi connectivity index (χ0n) is 11.8. The minimum atomic E-state index is 0.192. The fourth-order valence-electron chi connectivity index (χ4n) is 2.28. The van der Waals surface area contributed by atoms with E-state index >= 15 is 0 Å². The molecule has 21 heavy (non-hydrogen) atoms. The maximum Gasteiger partial charge on any atom is 0.237 e. The van der Waals surface area contributed by atoms with Crippen LogP contribution in [0.3, 0.4) is 0 Å². The Morgan fingerprint density at radius 1 is 1.48 bits per heavy atom. The molecule has 1 aromatic carbocycles. The number of halogens is 1. The Labute approximate surface area is 132 Å². The van der Waals surface area contributed by atoms with Crippen LogP contribution in [0.25, 0.3) is 4.96 Å². The van der Waals surface area contributed by atoms with Gasteiger partial charge in [-0.25, -0.2) is 0 Å². The average Bonchev–Trinajstić information content (AvgIpc) is 3.05. The molecule has 2 heterocycles. The van der Waals surface area contributed by atoms with Gasteiger partial charge in [-0.05, 0) is 24.6 Å². The number of methoxy groups -OCH3 is 1. The average molecular weight is 322 g/mol. The summed E-state index contributed by atoms with van der Waals surface area (Å²) in [6, 6.07) is 8.08. The molecule has 4 nitrogen and oxygen atoms in total. The quantitative estimate of drug-likeness (QED) is 0.774. The minimum absolute atomic E-state index is 0.192. The fourth-order valence-corrected chi connectivity index (χ4v) is 3.20. The number of imidazole rings is 1. The fraction of sp³-hybridized carbons (Fsp3) is 0.267. The first-order valence-electron chi connectivity index (χ1n) is 6.66. The van der Waals surface area contributed by atoms with Crippen LogP contribution in [0, 0.1) is 0 Å². The molecular formula is C15H16ClN3OS. The molecule has 0 radical (unpaired) electrons. The Hall–Kier alpha value is -1.56. The van der Waals surface area contributed by atoms with Crippen LogP contribution >= 0.6 is 22.9 Å². The molecule has 110 valence electrons. The summed E-state index contributed by atoms with van der Waals surface area (Å²) in [5, 5.41) is 6.26. The van der Waals surface area contributed by atoms with Gasteiger partial charge in [-0.15, -0.1) is 11.3 Å². The van der Waals surface area contributed by atoms with Gasteiger partial charge in [-0.2, -0.15) is 4.98 Å². The molecule has 3 aromatic rings.